The van der Waals surface area contributed by atoms with Crippen LogP contribution in [0.25, 0.3) is 0 Å². The molecule has 1 heteroatoms. The van der Waals surface area contributed by atoms with Gasteiger partial charge in [-0.25, -0.2) is 0 Å². The number of ketones is 1. The molecule has 0 fully saturated rings. The van der Waals surface area contributed by atoms with E-state index in [9.17, 15) is 4.79 Å². The Morgan fingerprint density at radius 3 is 1.82 bits per heavy atom. The second kappa shape index (κ2) is 12.9. The highest BCUT2D eigenvalue weighted by molar-refractivity contribution is 5.75. The molecule has 2 unspecified atom stereocenters. The molecule has 0 bridgehead atoms. The molecule has 2 atom stereocenters. The first-order valence-corrected chi connectivity index (χ1v) is 9.90. The van der Waals surface area contributed by atoms with Crippen LogP contribution in [-0.4, -0.2) is 5.78 Å². The first-order valence-electron chi connectivity index (χ1n) is 9.90. The van der Waals surface area contributed by atoms with Crippen molar-refractivity contribution < 1.29 is 4.79 Å². The van der Waals surface area contributed by atoms with Crippen LogP contribution in [-0.2, 0) is 4.79 Å². The quantitative estimate of drug-likeness (QED) is 0.268. The summed E-state index contributed by atoms with van der Waals surface area (Å²) in [5.74, 6) is 2.08. The smallest absolute Gasteiger partial charge is 0.129 e. The molecule has 0 saturated carbocycles. The van der Waals surface area contributed by atoms with Crippen LogP contribution in [0.3, 0.4) is 0 Å². The number of Topliss-reactive ketones (excluding diaryl/α,β-unsaturated/α-hetero) is 1. The molecule has 22 heavy (non-hydrogen) atoms. The van der Waals surface area contributed by atoms with Gasteiger partial charge in [0.2, 0.25) is 0 Å². The molecule has 0 aromatic heterocycles. The number of carbonyl (C=O) groups is 1. The predicted octanol–water partition coefficient (Wildman–Crippen LogP) is 6.86. The molecule has 0 spiro atoms. The third-order valence-corrected chi connectivity index (χ3v) is 5.10. The SMILES string of the molecule is CCCCCC1C=CC(CCCCCCCCC(C)=O)CC1. The second-order valence-corrected chi connectivity index (χ2v) is 7.34. The Morgan fingerprint density at radius 1 is 0.818 bits per heavy atom. The molecule has 0 amide bonds. The van der Waals surface area contributed by atoms with E-state index in [1.807, 2.05) is 0 Å². The highest BCUT2D eigenvalue weighted by atomic mass is 16.1. The molecule has 1 aliphatic carbocycles. The zero-order valence-electron chi connectivity index (χ0n) is 15.1. The summed E-state index contributed by atoms with van der Waals surface area (Å²) in [6.45, 7) is 3.99. The van der Waals surface area contributed by atoms with Gasteiger partial charge in [-0.1, -0.05) is 70.4 Å². The Kier molecular flexibility index (Phi) is 11.4. The third-order valence-electron chi connectivity index (χ3n) is 5.10. The fourth-order valence-electron chi connectivity index (χ4n) is 3.56. The molecule has 0 radical (unpaired) electrons. The molecule has 1 aliphatic rings. The van der Waals surface area contributed by atoms with Crippen LogP contribution < -0.4 is 0 Å². The number of hydrogen-bond acceptors (Lipinski definition) is 1. The molecule has 1 rings (SSSR count). The lowest BCUT2D eigenvalue weighted by Gasteiger charge is -2.22. The molecular weight excluding hydrogens is 268 g/mol. The van der Waals surface area contributed by atoms with Gasteiger partial charge in [-0.15, -0.1) is 0 Å². The van der Waals surface area contributed by atoms with Gasteiger partial charge in [0.1, 0.15) is 5.78 Å². The lowest BCUT2D eigenvalue weighted by Crippen LogP contribution is -2.08. The summed E-state index contributed by atoms with van der Waals surface area (Å²) >= 11 is 0. The van der Waals surface area contributed by atoms with Crippen LogP contribution in [0.5, 0.6) is 0 Å². The van der Waals surface area contributed by atoms with Crippen molar-refractivity contribution >= 4 is 5.78 Å². The van der Waals surface area contributed by atoms with Gasteiger partial charge in [0.25, 0.3) is 0 Å². The van der Waals surface area contributed by atoms with E-state index in [1.54, 1.807) is 6.92 Å². The van der Waals surface area contributed by atoms with Crippen molar-refractivity contribution in [2.24, 2.45) is 11.8 Å². The second-order valence-electron chi connectivity index (χ2n) is 7.34. The Balaban J connectivity index is 1.93. The number of hydrogen-bond donors (Lipinski definition) is 0. The van der Waals surface area contributed by atoms with Gasteiger partial charge in [-0.2, -0.15) is 0 Å². The van der Waals surface area contributed by atoms with Gasteiger partial charge < -0.3 is 4.79 Å². The van der Waals surface area contributed by atoms with Crippen molar-refractivity contribution in [1.29, 1.82) is 0 Å². The topological polar surface area (TPSA) is 17.1 Å². The molecule has 0 saturated heterocycles. The Hall–Kier alpha value is -0.590. The van der Waals surface area contributed by atoms with Crippen molar-refractivity contribution in [3.63, 3.8) is 0 Å². The highest BCUT2D eigenvalue weighted by Gasteiger charge is 2.14. The first kappa shape index (κ1) is 19.5. The summed E-state index contributed by atoms with van der Waals surface area (Å²) in [5.41, 5.74) is 0. The van der Waals surface area contributed by atoms with E-state index in [2.05, 4.69) is 19.1 Å². The monoisotopic (exact) mass is 306 g/mol. The normalized spacial score (nSPS) is 21.2. The highest BCUT2D eigenvalue weighted by Crippen LogP contribution is 2.29. The Morgan fingerprint density at radius 2 is 1.32 bits per heavy atom. The van der Waals surface area contributed by atoms with Crippen LogP contribution in [0.2, 0.25) is 0 Å². The van der Waals surface area contributed by atoms with E-state index in [-0.39, 0.29) is 0 Å². The minimum atomic E-state index is 0.345. The van der Waals surface area contributed by atoms with Gasteiger partial charge >= 0.3 is 0 Å². The van der Waals surface area contributed by atoms with Crippen molar-refractivity contribution in [2.75, 3.05) is 0 Å². The molecule has 1 nitrogen and oxygen atoms in total. The van der Waals surface area contributed by atoms with Crippen LogP contribution in [0.15, 0.2) is 12.2 Å². The molecule has 128 valence electrons. The van der Waals surface area contributed by atoms with Gasteiger partial charge in [0.15, 0.2) is 0 Å². The maximum atomic E-state index is 10.8. The molecule has 0 aromatic carbocycles. The third kappa shape index (κ3) is 10.2. The van der Waals surface area contributed by atoms with E-state index in [0.29, 0.717) is 5.78 Å². The average molecular weight is 307 g/mol. The zero-order valence-corrected chi connectivity index (χ0v) is 15.1. The lowest BCUT2D eigenvalue weighted by atomic mass is 9.83. The number of rotatable bonds is 13. The number of allylic oxidation sites excluding steroid dienone is 2. The maximum absolute atomic E-state index is 10.8. The fraction of sp³-hybridized carbons (Fsp3) is 0.857. The summed E-state index contributed by atoms with van der Waals surface area (Å²) in [4.78, 5) is 10.8. The standard InChI is InChI=1S/C21H38O/c1-3-4-9-13-20-15-17-21(18-16-20)14-11-8-6-5-7-10-12-19(2)22/h15,17,20-21H,3-14,16,18H2,1-2H3. The minimum Gasteiger partial charge on any atom is -0.300 e. The summed E-state index contributed by atoms with van der Waals surface area (Å²) in [6, 6.07) is 0. The van der Waals surface area contributed by atoms with E-state index in [1.165, 1.54) is 77.0 Å². The average Bonchev–Trinajstić information content (AvgIpc) is 2.51. The first-order chi connectivity index (χ1) is 10.7. The molecule has 0 heterocycles. The Bertz CT molecular complexity index is 305. The number of carbonyl (C=O) groups excluding carboxylic acids is 1. The van der Waals surface area contributed by atoms with E-state index >= 15 is 0 Å². The van der Waals surface area contributed by atoms with E-state index in [4.69, 9.17) is 0 Å². The number of unbranched alkanes of at least 4 members (excludes halogenated alkanes) is 7. The van der Waals surface area contributed by atoms with Crippen LogP contribution >= 0.6 is 0 Å². The fourth-order valence-corrected chi connectivity index (χ4v) is 3.56. The van der Waals surface area contributed by atoms with Gasteiger partial charge in [-0.3, -0.25) is 0 Å². The molecular formula is C21H38O. The van der Waals surface area contributed by atoms with Crippen LogP contribution in [0, 0.1) is 11.8 Å². The van der Waals surface area contributed by atoms with Gasteiger partial charge in [0, 0.05) is 6.42 Å². The Labute approximate surface area is 139 Å². The molecule has 0 aliphatic heterocycles. The predicted molar refractivity (Wildman–Crippen MR) is 97.1 cm³/mol. The van der Waals surface area contributed by atoms with Crippen molar-refractivity contribution in [3.05, 3.63) is 12.2 Å². The van der Waals surface area contributed by atoms with E-state index < -0.39 is 0 Å². The molecule has 0 aromatic rings. The zero-order chi connectivity index (χ0) is 16.0. The van der Waals surface area contributed by atoms with Gasteiger partial charge in [-0.05, 0) is 50.9 Å². The van der Waals surface area contributed by atoms with Crippen molar-refractivity contribution in [1.82, 2.24) is 0 Å². The van der Waals surface area contributed by atoms with Gasteiger partial charge in [0.05, 0.1) is 0 Å². The summed E-state index contributed by atoms with van der Waals surface area (Å²) < 4.78 is 0. The minimum absolute atomic E-state index is 0.345. The maximum Gasteiger partial charge on any atom is 0.129 e. The summed E-state index contributed by atoms with van der Waals surface area (Å²) in [6.07, 6.45) is 23.4. The van der Waals surface area contributed by atoms with Crippen LogP contribution in [0.1, 0.15) is 104 Å². The largest absolute Gasteiger partial charge is 0.300 e. The molecule has 0 N–H and O–H groups in total. The summed E-state index contributed by atoms with van der Waals surface area (Å²) in [5, 5.41) is 0. The summed E-state index contributed by atoms with van der Waals surface area (Å²) in [7, 11) is 0. The van der Waals surface area contributed by atoms with Crippen molar-refractivity contribution in [2.45, 2.75) is 104 Å². The lowest BCUT2D eigenvalue weighted by molar-refractivity contribution is -0.117. The van der Waals surface area contributed by atoms with Crippen molar-refractivity contribution in [3.8, 4) is 0 Å². The van der Waals surface area contributed by atoms with Crippen LogP contribution in [0.4, 0.5) is 0 Å². The van der Waals surface area contributed by atoms with E-state index in [0.717, 1.165) is 24.7 Å².